The van der Waals surface area contributed by atoms with Crippen LogP contribution in [-0.2, 0) is 10.2 Å². The number of carbonyl (C=O) groups excluding carboxylic acids is 2. The Morgan fingerprint density at radius 2 is 2.04 bits per heavy atom. The molecule has 0 radical (unpaired) electrons. The summed E-state index contributed by atoms with van der Waals surface area (Å²) < 4.78 is 0. The van der Waals surface area contributed by atoms with Crippen LogP contribution in [0, 0.1) is 6.92 Å². The molecule has 0 saturated heterocycles. The first-order chi connectivity index (χ1) is 10.8. The van der Waals surface area contributed by atoms with Gasteiger partial charge in [-0.25, -0.2) is 4.79 Å². The Balaban J connectivity index is 2.69. The number of carbonyl (C=O) groups is 2. The van der Waals surface area contributed by atoms with Gasteiger partial charge in [-0.1, -0.05) is 43.7 Å². The molecule has 128 valence electrons. The van der Waals surface area contributed by atoms with E-state index in [0.29, 0.717) is 13.0 Å². The fraction of sp³-hybridized carbons (Fsp3) is 0.529. The lowest BCUT2D eigenvalue weighted by Crippen LogP contribution is -2.50. The van der Waals surface area contributed by atoms with Crippen LogP contribution >= 0.6 is 11.8 Å². The predicted molar refractivity (Wildman–Crippen MR) is 96.7 cm³/mol. The monoisotopic (exact) mass is 337 g/mol. The molecule has 1 aromatic carbocycles. The average molecular weight is 337 g/mol. The SMILES string of the molecule is CSCC[C@@H](NC(N)=O)C(=O)NCC(C)(C)c1cccc(C)c1. The zero-order valence-corrected chi connectivity index (χ0v) is 15.1. The molecule has 23 heavy (non-hydrogen) atoms. The molecule has 0 aliphatic carbocycles. The van der Waals surface area contributed by atoms with Gasteiger partial charge in [0.1, 0.15) is 6.04 Å². The third kappa shape index (κ3) is 6.52. The van der Waals surface area contributed by atoms with Crippen LogP contribution in [0.3, 0.4) is 0 Å². The van der Waals surface area contributed by atoms with Crippen LogP contribution < -0.4 is 16.4 Å². The maximum absolute atomic E-state index is 12.3. The molecule has 1 rings (SSSR count). The fourth-order valence-electron chi connectivity index (χ4n) is 2.28. The molecular formula is C17H27N3O2S. The van der Waals surface area contributed by atoms with E-state index in [4.69, 9.17) is 5.73 Å². The van der Waals surface area contributed by atoms with Crippen molar-refractivity contribution in [2.75, 3.05) is 18.6 Å². The summed E-state index contributed by atoms with van der Waals surface area (Å²) in [4.78, 5) is 23.4. The lowest BCUT2D eigenvalue weighted by molar-refractivity contribution is -0.123. The Morgan fingerprint density at radius 3 is 2.61 bits per heavy atom. The van der Waals surface area contributed by atoms with Gasteiger partial charge in [0.2, 0.25) is 5.91 Å². The van der Waals surface area contributed by atoms with Crippen LogP contribution in [0.15, 0.2) is 24.3 Å². The summed E-state index contributed by atoms with van der Waals surface area (Å²) in [6.07, 6.45) is 2.51. The van der Waals surface area contributed by atoms with Gasteiger partial charge in [0, 0.05) is 12.0 Å². The highest BCUT2D eigenvalue weighted by atomic mass is 32.2. The van der Waals surface area contributed by atoms with Gasteiger partial charge >= 0.3 is 6.03 Å². The van der Waals surface area contributed by atoms with Crippen molar-refractivity contribution in [1.29, 1.82) is 0 Å². The number of primary amides is 1. The van der Waals surface area contributed by atoms with Gasteiger partial charge in [-0.05, 0) is 30.9 Å². The van der Waals surface area contributed by atoms with Crippen molar-refractivity contribution < 1.29 is 9.59 Å². The summed E-state index contributed by atoms with van der Waals surface area (Å²) in [5.74, 6) is 0.582. The van der Waals surface area contributed by atoms with Crippen LogP contribution in [0.2, 0.25) is 0 Å². The van der Waals surface area contributed by atoms with Crippen LogP contribution in [0.4, 0.5) is 4.79 Å². The fourth-order valence-corrected chi connectivity index (χ4v) is 2.75. The number of hydrogen-bond acceptors (Lipinski definition) is 3. The Kier molecular flexibility index (Phi) is 7.42. The van der Waals surface area contributed by atoms with Crippen LogP contribution in [0.25, 0.3) is 0 Å². The molecule has 0 saturated carbocycles. The summed E-state index contributed by atoms with van der Waals surface area (Å²) in [5, 5.41) is 5.45. The molecule has 0 aliphatic rings. The second-order valence-electron chi connectivity index (χ2n) is 6.31. The van der Waals surface area contributed by atoms with E-state index < -0.39 is 12.1 Å². The maximum Gasteiger partial charge on any atom is 0.312 e. The first kappa shape index (κ1) is 19.4. The summed E-state index contributed by atoms with van der Waals surface area (Å²) in [6.45, 7) is 6.71. The molecule has 6 heteroatoms. The molecule has 3 amide bonds. The third-order valence-electron chi connectivity index (χ3n) is 3.75. The molecule has 5 nitrogen and oxygen atoms in total. The average Bonchev–Trinajstić information content (AvgIpc) is 2.48. The van der Waals surface area contributed by atoms with Gasteiger partial charge in [0.15, 0.2) is 0 Å². The quantitative estimate of drug-likeness (QED) is 0.680. The van der Waals surface area contributed by atoms with E-state index >= 15 is 0 Å². The highest BCUT2D eigenvalue weighted by Gasteiger charge is 2.25. The van der Waals surface area contributed by atoms with E-state index in [1.807, 2.05) is 25.3 Å². The number of rotatable bonds is 8. The van der Waals surface area contributed by atoms with Crippen LogP contribution in [0.5, 0.6) is 0 Å². The smallest absolute Gasteiger partial charge is 0.312 e. The van der Waals surface area contributed by atoms with Gasteiger partial charge < -0.3 is 16.4 Å². The minimum atomic E-state index is -0.677. The zero-order valence-electron chi connectivity index (χ0n) is 14.3. The standard InChI is InChI=1S/C17H27N3O2S/c1-12-6-5-7-13(10-12)17(2,3)11-19-15(21)14(8-9-23-4)20-16(18)22/h5-7,10,14H,8-9,11H2,1-4H3,(H,19,21)(H3,18,20,22)/t14-/m1/s1. The maximum atomic E-state index is 12.3. The van der Waals surface area contributed by atoms with Crippen molar-refractivity contribution in [1.82, 2.24) is 10.6 Å². The number of aryl methyl sites for hydroxylation is 1. The van der Waals surface area contributed by atoms with Gasteiger partial charge in [-0.2, -0.15) is 11.8 Å². The second-order valence-corrected chi connectivity index (χ2v) is 7.30. The van der Waals surface area contributed by atoms with E-state index in [0.717, 1.165) is 5.75 Å². The van der Waals surface area contributed by atoms with E-state index in [9.17, 15) is 9.59 Å². The number of benzene rings is 1. The molecular weight excluding hydrogens is 310 g/mol. The summed E-state index contributed by atoms with van der Waals surface area (Å²) in [7, 11) is 0. The molecule has 1 aromatic rings. The highest BCUT2D eigenvalue weighted by molar-refractivity contribution is 7.98. The van der Waals surface area contributed by atoms with E-state index in [-0.39, 0.29) is 11.3 Å². The number of nitrogens with two attached hydrogens (primary N) is 1. The zero-order chi connectivity index (χ0) is 17.5. The van der Waals surface area contributed by atoms with Crippen molar-refractivity contribution in [2.24, 2.45) is 5.73 Å². The van der Waals surface area contributed by atoms with Crippen molar-refractivity contribution >= 4 is 23.7 Å². The molecule has 0 unspecified atom stereocenters. The molecule has 1 atom stereocenters. The lowest BCUT2D eigenvalue weighted by Gasteiger charge is -2.27. The van der Waals surface area contributed by atoms with Crippen LogP contribution in [-0.4, -0.2) is 36.5 Å². The highest BCUT2D eigenvalue weighted by Crippen LogP contribution is 2.23. The topological polar surface area (TPSA) is 84.2 Å². The van der Waals surface area contributed by atoms with Crippen molar-refractivity contribution in [3.05, 3.63) is 35.4 Å². The third-order valence-corrected chi connectivity index (χ3v) is 4.39. The molecule has 0 aliphatic heterocycles. The number of nitrogens with one attached hydrogen (secondary N) is 2. The Labute approximate surface area is 142 Å². The second kappa shape index (κ2) is 8.82. The van der Waals surface area contributed by atoms with Crippen LogP contribution in [0.1, 0.15) is 31.4 Å². The Hall–Kier alpha value is -1.69. The van der Waals surface area contributed by atoms with Gasteiger partial charge in [0.05, 0.1) is 0 Å². The minimum absolute atomic E-state index is 0.196. The van der Waals surface area contributed by atoms with Crippen molar-refractivity contribution in [3.8, 4) is 0 Å². The number of urea groups is 1. The summed E-state index contributed by atoms with van der Waals surface area (Å²) >= 11 is 1.62. The molecule has 0 bridgehead atoms. The first-order valence-electron chi connectivity index (χ1n) is 7.66. The Bertz CT molecular complexity index is 546. The van der Waals surface area contributed by atoms with Gasteiger partial charge in [-0.15, -0.1) is 0 Å². The first-order valence-corrected chi connectivity index (χ1v) is 9.05. The summed E-state index contributed by atoms with van der Waals surface area (Å²) in [6, 6.07) is 6.99. The molecule has 0 heterocycles. The van der Waals surface area contributed by atoms with E-state index in [1.54, 1.807) is 11.8 Å². The van der Waals surface area contributed by atoms with Gasteiger partial charge in [0.25, 0.3) is 0 Å². The van der Waals surface area contributed by atoms with Gasteiger partial charge in [-0.3, -0.25) is 4.79 Å². The molecule has 0 aromatic heterocycles. The summed E-state index contributed by atoms with van der Waals surface area (Å²) in [5.41, 5.74) is 7.32. The van der Waals surface area contributed by atoms with Crippen molar-refractivity contribution in [3.63, 3.8) is 0 Å². The molecule has 4 N–H and O–H groups in total. The number of thioether (sulfide) groups is 1. The minimum Gasteiger partial charge on any atom is -0.353 e. The lowest BCUT2D eigenvalue weighted by atomic mass is 9.84. The largest absolute Gasteiger partial charge is 0.353 e. The van der Waals surface area contributed by atoms with E-state index in [2.05, 4.69) is 36.6 Å². The molecule has 0 spiro atoms. The number of hydrogen-bond donors (Lipinski definition) is 3. The van der Waals surface area contributed by atoms with Crippen molar-refractivity contribution in [2.45, 2.75) is 38.6 Å². The number of amides is 3. The predicted octanol–water partition coefficient (Wildman–Crippen LogP) is 2.18. The molecule has 0 fully saturated rings. The Morgan fingerprint density at radius 1 is 1.35 bits per heavy atom. The normalized spacial score (nSPS) is 12.5. The van der Waals surface area contributed by atoms with E-state index in [1.165, 1.54) is 11.1 Å².